The second-order valence-corrected chi connectivity index (χ2v) is 7.85. The minimum atomic E-state index is -0.691. The highest BCUT2D eigenvalue weighted by molar-refractivity contribution is 6.46. The van der Waals surface area contributed by atoms with Crippen LogP contribution in [0.15, 0.2) is 72.3 Å². The topological polar surface area (TPSA) is 77.8 Å². The molecule has 3 aromatic rings. The number of aromatic hydroxyl groups is 1. The van der Waals surface area contributed by atoms with Gasteiger partial charge in [0.15, 0.2) is 0 Å². The smallest absolute Gasteiger partial charge is 0.295 e. The Morgan fingerprint density at radius 2 is 1.65 bits per heavy atom. The van der Waals surface area contributed by atoms with E-state index in [1.54, 1.807) is 18.2 Å². The van der Waals surface area contributed by atoms with E-state index in [2.05, 4.69) is 6.92 Å². The molecule has 0 spiro atoms. The highest BCUT2D eigenvalue weighted by Gasteiger charge is 2.45. The third-order valence-electron chi connectivity index (χ3n) is 5.77. The highest BCUT2D eigenvalue weighted by Crippen LogP contribution is 2.40. The summed E-state index contributed by atoms with van der Waals surface area (Å²) in [7, 11) is 0. The molecular formula is C26H25NO4. The van der Waals surface area contributed by atoms with Gasteiger partial charge in [0.2, 0.25) is 0 Å². The zero-order valence-electron chi connectivity index (χ0n) is 17.4. The molecule has 158 valence electrons. The fourth-order valence-corrected chi connectivity index (χ4v) is 4.14. The minimum Gasteiger partial charge on any atom is -0.508 e. The number of phenols is 1. The molecule has 1 saturated heterocycles. The van der Waals surface area contributed by atoms with Crippen LogP contribution in [0.3, 0.4) is 0 Å². The van der Waals surface area contributed by atoms with Crippen molar-refractivity contribution < 1.29 is 19.8 Å². The maximum Gasteiger partial charge on any atom is 0.295 e. The van der Waals surface area contributed by atoms with E-state index >= 15 is 0 Å². The fraction of sp³-hybridized carbons (Fsp3) is 0.231. The van der Waals surface area contributed by atoms with Crippen LogP contribution in [0.25, 0.3) is 16.5 Å². The lowest BCUT2D eigenvalue weighted by molar-refractivity contribution is -0.139. The molecule has 5 heteroatoms. The molecule has 1 aliphatic heterocycles. The lowest BCUT2D eigenvalue weighted by atomic mass is 9.94. The van der Waals surface area contributed by atoms with Crippen molar-refractivity contribution in [2.45, 2.75) is 32.2 Å². The van der Waals surface area contributed by atoms with Crippen LogP contribution in [0.1, 0.15) is 43.4 Å². The number of fused-ring (bicyclic) bond motifs is 1. The number of benzene rings is 3. The maximum absolute atomic E-state index is 13.0. The van der Waals surface area contributed by atoms with Crippen LogP contribution in [0.2, 0.25) is 0 Å². The van der Waals surface area contributed by atoms with E-state index in [0.717, 1.165) is 30.0 Å². The molecule has 0 radical (unpaired) electrons. The number of amides is 1. The second-order valence-electron chi connectivity index (χ2n) is 7.85. The molecule has 5 nitrogen and oxygen atoms in total. The van der Waals surface area contributed by atoms with E-state index in [-0.39, 0.29) is 17.1 Å². The molecule has 1 unspecified atom stereocenters. The summed E-state index contributed by atoms with van der Waals surface area (Å²) in [5.74, 6) is -1.36. The Labute approximate surface area is 181 Å². The van der Waals surface area contributed by atoms with Crippen molar-refractivity contribution in [2.24, 2.45) is 0 Å². The Morgan fingerprint density at radius 3 is 2.35 bits per heavy atom. The molecule has 1 amide bonds. The van der Waals surface area contributed by atoms with Gasteiger partial charge in [-0.05, 0) is 41.0 Å². The van der Waals surface area contributed by atoms with Crippen molar-refractivity contribution in [1.82, 2.24) is 4.90 Å². The van der Waals surface area contributed by atoms with Crippen molar-refractivity contribution in [3.8, 4) is 5.75 Å². The fourth-order valence-electron chi connectivity index (χ4n) is 4.14. The quantitative estimate of drug-likeness (QED) is 0.252. The van der Waals surface area contributed by atoms with Gasteiger partial charge < -0.3 is 15.1 Å². The van der Waals surface area contributed by atoms with Gasteiger partial charge >= 0.3 is 0 Å². The van der Waals surface area contributed by atoms with Gasteiger partial charge in [0.1, 0.15) is 11.5 Å². The van der Waals surface area contributed by atoms with Gasteiger partial charge in [0, 0.05) is 12.1 Å². The van der Waals surface area contributed by atoms with E-state index < -0.39 is 17.7 Å². The van der Waals surface area contributed by atoms with Crippen LogP contribution in [0.5, 0.6) is 5.75 Å². The van der Waals surface area contributed by atoms with Gasteiger partial charge in [-0.2, -0.15) is 0 Å². The number of phenolic OH excluding ortho intramolecular Hbond substituents is 1. The number of carbonyl (C=O) groups excluding carboxylic acids is 2. The number of aliphatic hydroxyl groups excluding tert-OH is 1. The molecule has 1 atom stereocenters. The standard InChI is InChI=1S/C26H25NO4/c1-2-3-6-15-27-23(18-11-13-21(28)14-12-18)22(25(30)26(27)31)24(29)20-10-9-17-7-4-5-8-19(17)16-20/h4-5,7-14,16,23,28-29H,2-3,6,15H2,1H3/b24-22-. The van der Waals surface area contributed by atoms with Crippen LogP contribution < -0.4 is 0 Å². The van der Waals surface area contributed by atoms with Crippen LogP contribution in [-0.2, 0) is 9.59 Å². The highest BCUT2D eigenvalue weighted by atomic mass is 16.3. The monoisotopic (exact) mass is 415 g/mol. The van der Waals surface area contributed by atoms with Crippen molar-refractivity contribution in [3.05, 3.63) is 83.4 Å². The SMILES string of the molecule is CCCCCN1C(=O)C(=O)/C(=C(\O)c2ccc3ccccc3c2)C1c1ccc(O)cc1. The Kier molecular flexibility index (Phi) is 5.76. The number of hydrogen-bond donors (Lipinski definition) is 2. The van der Waals surface area contributed by atoms with Gasteiger partial charge in [-0.1, -0.05) is 68.3 Å². The first-order chi connectivity index (χ1) is 15.0. The molecule has 2 N–H and O–H groups in total. The summed E-state index contributed by atoms with van der Waals surface area (Å²) in [6.45, 7) is 2.50. The summed E-state index contributed by atoms with van der Waals surface area (Å²) < 4.78 is 0. The molecule has 4 rings (SSSR count). The predicted octanol–water partition coefficient (Wildman–Crippen LogP) is 5.16. The number of rotatable bonds is 6. The molecule has 31 heavy (non-hydrogen) atoms. The molecular weight excluding hydrogens is 390 g/mol. The van der Waals surface area contributed by atoms with E-state index in [1.165, 1.54) is 17.0 Å². The number of unbranched alkanes of at least 4 members (excludes halogenated alkanes) is 2. The molecule has 0 aromatic heterocycles. The van der Waals surface area contributed by atoms with Gasteiger partial charge in [0.25, 0.3) is 11.7 Å². The molecule has 0 saturated carbocycles. The molecule has 1 aliphatic rings. The normalized spacial score (nSPS) is 18.1. The number of Topliss-reactive ketones (excluding diaryl/α,β-unsaturated/α-hetero) is 1. The first-order valence-corrected chi connectivity index (χ1v) is 10.6. The lowest BCUT2D eigenvalue weighted by Crippen LogP contribution is -2.30. The Bertz CT molecular complexity index is 1160. The van der Waals surface area contributed by atoms with Crippen LogP contribution in [0, 0.1) is 0 Å². The van der Waals surface area contributed by atoms with Crippen LogP contribution >= 0.6 is 0 Å². The number of carbonyl (C=O) groups is 2. The average Bonchev–Trinajstić information content (AvgIpc) is 3.04. The van der Waals surface area contributed by atoms with Crippen molar-refractivity contribution in [1.29, 1.82) is 0 Å². The first-order valence-electron chi connectivity index (χ1n) is 10.6. The van der Waals surface area contributed by atoms with Gasteiger partial charge in [-0.25, -0.2) is 0 Å². The number of hydrogen-bond acceptors (Lipinski definition) is 4. The van der Waals surface area contributed by atoms with E-state index in [9.17, 15) is 19.8 Å². The second kappa shape index (κ2) is 8.64. The number of nitrogens with zero attached hydrogens (tertiary/aromatic N) is 1. The van der Waals surface area contributed by atoms with Gasteiger partial charge in [-0.3, -0.25) is 9.59 Å². The van der Waals surface area contributed by atoms with Gasteiger partial charge in [0.05, 0.1) is 11.6 Å². The average molecular weight is 415 g/mol. The summed E-state index contributed by atoms with van der Waals surface area (Å²) in [6.07, 6.45) is 2.70. The molecule has 0 aliphatic carbocycles. The third kappa shape index (κ3) is 3.91. The van der Waals surface area contributed by atoms with Gasteiger partial charge in [-0.15, -0.1) is 0 Å². The zero-order valence-corrected chi connectivity index (χ0v) is 17.4. The zero-order chi connectivity index (χ0) is 22.0. The number of ketones is 1. The summed E-state index contributed by atoms with van der Waals surface area (Å²) in [5.41, 5.74) is 1.26. The Morgan fingerprint density at radius 1 is 0.935 bits per heavy atom. The number of likely N-dealkylation sites (tertiary alicyclic amines) is 1. The van der Waals surface area contributed by atoms with E-state index in [0.29, 0.717) is 17.7 Å². The Hall–Kier alpha value is -3.60. The summed E-state index contributed by atoms with van der Waals surface area (Å²) >= 11 is 0. The molecule has 1 fully saturated rings. The van der Waals surface area contributed by atoms with E-state index in [4.69, 9.17) is 0 Å². The summed E-state index contributed by atoms with van der Waals surface area (Å²) in [5, 5.41) is 22.8. The maximum atomic E-state index is 13.0. The van der Waals surface area contributed by atoms with Crippen molar-refractivity contribution in [3.63, 3.8) is 0 Å². The van der Waals surface area contributed by atoms with E-state index in [1.807, 2.05) is 36.4 Å². The minimum absolute atomic E-state index is 0.0856. The largest absolute Gasteiger partial charge is 0.508 e. The van der Waals surface area contributed by atoms with Crippen molar-refractivity contribution >= 4 is 28.2 Å². The van der Waals surface area contributed by atoms with Crippen molar-refractivity contribution in [2.75, 3.05) is 6.54 Å². The van der Waals surface area contributed by atoms with Crippen LogP contribution in [0.4, 0.5) is 0 Å². The molecule has 0 bridgehead atoms. The first kappa shape index (κ1) is 20.7. The summed E-state index contributed by atoms with van der Waals surface area (Å²) in [6, 6.07) is 19.0. The number of aliphatic hydroxyl groups is 1. The third-order valence-corrected chi connectivity index (χ3v) is 5.77. The lowest BCUT2D eigenvalue weighted by Gasteiger charge is -2.25. The molecule has 3 aromatic carbocycles. The predicted molar refractivity (Wildman–Crippen MR) is 121 cm³/mol. The Balaban J connectivity index is 1.84. The van der Waals surface area contributed by atoms with Crippen LogP contribution in [-0.4, -0.2) is 33.3 Å². The molecule has 1 heterocycles. The summed E-state index contributed by atoms with van der Waals surface area (Å²) in [4.78, 5) is 27.4.